The molecule has 120 valence electrons. The Morgan fingerprint density at radius 1 is 1.57 bits per heavy atom. The summed E-state index contributed by atoms with van der Waals surface area (Å²) in [6.45, 7) is 1.05. The van der Waals surface area contributed by atoms with Gasteiger partial charge >= 0.3 is 5.97 Å². The Morgan fingerprint density at radius 2 is 2.29 bits per heavy atom. The van der Waals surface area contributed by atoms with E-state index in [0.717, 1.165) is 19.1 Å². The molecule has 1 atom stereocenters. The van der Waals surface area contributed by atoms with Gasteiger partial charge < -0.3 is 14.5 Å². The lowest BCUT2D eigenvalue weighted by molar-refractivity contribution is 0.0600. The van der Waals surface area contributed by atoms with Crippen LogP contribution in [0.5, 0.6) is 0 Å². The molecule has 2 rings (SSSR count). The first kappa shape index (κ1) is 18.0. The number of methoxy groups -OCH3 is 1. The number of carbonyl (C=O) groups excluding carboxylic acids is 1. The normalized spacial score (nSPS) is 19.2. The van der Waals surface area contributed by atoms with Crippen LogP contribution in [0.25, 0.3) is 0 Å². The molecular weight excluding hydrogens is 320 g/mol. The quantitative estimate of drug-likeness (QED) is 0.801. The van der Waals surface area contributed by atoms with E-state index in [9.17, 15) is 13.2 Å². The number of sulfonamides is 1. The van der Waals surface area contributed by atoms with E-state index in [1.165, 1.54) is 17.5 Å². The number of nitrogens with zero attached hydrogens (tertiary/aromatic N) is 1. The molecule has 1 aliphatic rings. The molecular formula is C12H19ClN2O5S. The summed E-state index contributed by atoms with van der Waals surface area (Å²) in [5, 5.41) is 2.76. The van der Waals surface area contributed by atoms with Crippen molar-refractivity contribution < 1.29 is 22.4 Å². The van der Waals surface area contributed by atoms with Crippen LogP contribution in [0, 0.1) is 0 Å². The fourth-order valence-electron chi connectivity index (χ4n) is 2.36. The highest BCUT2D eigenvalue weighted by Crippen LogP contribution is 2.27. The number of hydrogen-bond donors (Lipinski definition) is 1. The molecule has 0 aliphatic carbocycles. The standard InChI is InChI=1S/C12H18N2O5S.ClH/c1-13-7-10-4-3-5-14(10)20(16,17)11-6-9(8-19-11)12(15)18-2;/h6,8,10,13H,3-5,7H2,1-2H3;1H. The summed E-state index contributed by atoms with van der Waals surface area (Å²) in [6.07, 6.45) is 2.72. The van der Waals surface area contributed by atoms with Gasteiger partial charge in [0.2, 0.25) is 5.09 Å². The van der Waals surface area contributed by atoms with E-state index in [0.29, 0.717) is 13.1 Å². The number of ether oxygens (including phenoxy) is 1. The molecule has 1 aliphatic heterocycles. The number of esters is 1. The van der Waals surface area contributed by atoms with Gasteiger partial charge in [-0.2, -0.15) is 4.31 Å². The van der Waals surface area contributed by atoms with E-state index in [-0.39, 0.29) is 29.1 Å². The molecule has 0 bridgehead atoms. The summed E-state index contributed by atoms with van der Waals surface area (Å²) < 4.78 is 36.0. The second-order valence-electron chi connectivity index (χ2n) is 4.62. The smallest absolute Gasteiger partial charge is 0.341 e. The Balaban J connectivity index is 0.00000220. The predicted molar refractivity (Wildman–Crippen MR) is 78.1 cm³/mol. The average molecular weight is 339 g/mol. The van der Waals surface area contributed by atoms with E-state index in [4.69, 9.17) is 4.42 Å². The van der Waals surface area contributed by atoms with Crippen LogP contribution in [-0.2, 0) is 14.8 Å². The molecule has 0 aromatic carbocycles. The maximum atomic E-state index is 12.5. The number of nitrogens with one attached hydrogen (secondary N) is 1. The number of carbonyl (C=O) groups is 1. The van der Waals surface area contributed by atoms with Crippen LogP contribution in [0.3, 0.4) is 0 Å². The van der Waals surface area contributed by atoms with Crippen LogP contribution in [0.15, 0.2) is 21.8 Å². The van der Waals surface area contributed by atoms with Gasteiger partial charge in [0.15, 0.2) is 0 Å². The fourth-order valence-corrected chi connectivity index (χ4v) is 3.98. The summed E-state index contributed by atoms with van der Waals surface area (Å²) in [7, 11) is -0.700. The topological polar surface area (TPSA) is 88.9 Å². The molecule has 21 heavy (non-hydrogen) atoms. The van der Waals surface area contributed by atoms with Crippen molar-refractivity contribution in [3.05, 3.63) is 17.9 Å². The summed E-state index contributed by atoms with van der Waals surface area (Å²) in [4.78, 5) is 11.3. The van der Waals surface area contributed by atoms with E-state index >= 15 is 0 Å². The molecule has 0 radical (unpaired) electrons. The van der Waals surface area contributed by atoms with Crippen molar-refractivity contribution in [1.29, 1.82) is 0 Å². The molecule has 2 heterocycles. The summed E-state index contributed by atoms with van der Waals surface area (Å²) in [6, 6.07) is 1.12. The van der Waals surface area contributed by atoms with Crippen molar-refractivity contribution in [3.63, 3.8) is 0 Å². The van der Waals surface area contributed by atoms with Gasteiger partial charge in [0, 0.05) is 25.2 Å². The lowest BCUT2D eigenvalue weighted by Gasteiger charge is -2.22. The first-order valence-corrected chi connectivity index (χ1v) is 7.78. The number of hydrogen-bond acceptors (Lipinski definition) is 6. The maximum Gasteiger partial charge on any atom is 0.341 e. The van der Waals surface area contributed by atoms with Gasteiger partial charge in [-0.15, -0.1) is 12.4 Å². The first-order chi connectivity index (χ1) is 9.50. The van der Waals surface area contributed by atoms with Crippen LogP contribution in [0.2, 0.25) is 0 Å². The van der Waals surface area contributed by atoms with Crippen molar-refractivity contribution in [2.45, 2.75) is 24.0 Å². The van der Waals surface area contributed by atoms with E-state index < -0.39 is 16.0 Å². The lowest BCUT2D eigenvalue weighted by Crippen LogP contribution is -2.40. The number of rotatable bonds is 5. The van der Waals surface area contributed by atoms with Crippen LogP contribution in [0.4, 0.5) is 0 Å². The third-order valence-corrected chi connectivity index (χ3v) is 5.14. The fraction of sp³-hybridized carbons (Fsp3) is 0.583. The largest absolute Gasteiger partial charge is 0.465 e. The molecule has 1 N–H and O–H groups in total. The highest BCUT2D eigenvalue weighted by atomic mass is 35.5. The van der Waals surface area contributed by atoms with Gasteiger partial charge in [0.1, 0.15) is 6.26 Å². The monoisotopic (exact) mass is 338 g/mol. The van der Waals surface area contributed by atoms with Crippen molar-refractivity contribution in [1.82, 2.24) is 9.62 Å². The molecule has 7 nitrogen and oxygen atoms in total. The van der Waals surface area contributed by atoms with Crippen molar-refractivity contribution >= 4 is 28.4 Å². The summed E-state index contributed by atoms with van der Waals surface area (Å²) in [5.74, 6) is -0.622. The Morgan fingerprint density at radius 3 is 2.90 bits per heavy atom. The lowest BCUT2D eigenvalue weighted by atomic mass is 10.2. The summed E-state index contributed by atoms with van der Waals surface area (Å²) >= 11 is 0. The van der Waals surface area contributed by atoms with Crippen LogP contribution in [0.1, 0.15) is 23.2 Å². The van der Waals surface area contributed by atoms with Crippen molar-refractivity contribution in [2.24, 2.45) is 0 Å². The Labute approximate surface area is 130 Å². The predicted octanol–water partition coefficient (Wildman–Crippen LogP) is 0.860. The molecule has 0 spiro atoms. The van der Waals surface area contributed by atoms with E-state index in [1.807, 2.05) is 0 Å². The van der Waals surface area contributed by atoms with Gasteiger partial charge in [0.25, 0.3) is 10.0 Å². The van der Waals surface area contributed by atoms with Crippen molar-refractivity contribution in [3.8, 4) is 0 Å². The zero-order chi connectivity index (χ0) is 14.8. The van der Waals surface area contributed by atoms with Crippen LogP contribution < -0.4 is 5.32 Å². The molecule has 1 aromatic rings. The second kappa shape index (κ2) is 7.26. The number of furan rings is 1. The molecule has 0 amide bonds. The Bertz CT molecular complexity index is 586. The third kappa shape index (κ3) is 3.57. The number of likely N-dealkylation sites (N-methyl/N-ethyl adjacent to an activating group) is 1. The highest BCUT2D eigenvalue weighted by Gasteiger charge is 2.37. The zero-order valence-electron chi connectivity index (χ0n) is 11.9. The van der Waals surface area contributed by atoms with Crippen molar-refractivity contribution in [2.75, 3.05) is 27.2 Å². The minimum absolute atomic E-state index is 0. The Kier molecular flexibility index (Phi) is 6.21. The third-order valence-electron chi connectivity index (χ3n) is 3.32. The SMILES string of the molecule is CNCC1CCCN1S(=O)(=O)c1cc(C(=O)OC)co1.Cl. The molecule has 0 saturated carbocycles. The van der Waals surface area contributed by atoms with Gasteiger partial charge in [-0.3, -0.25) is 0 Å². The number of halogens is 1. The second-order valence-corrected chi connectivity index (χ2v) is 6.44. The van der Waals surface area contributed by atoms with Gasteiger partial charge in [0.05, 0.1) is 12.7 Å². The average Bonchev–Trinajstić information content (AvgIpc) is 3.07. The zero-order valence-corrected chi connectivity index (χ0v) is 13.5. The van der Waals surface area contributed by atoms with Crippen LogP contribution in [-0.4, -0.2) is 52.0 Å². The molecule has 1 unspecified atom stereocenters. The molecule has 1 saturated heterocycles. The van der Waals surface area contributed by atoms with Crippen LogP contribution >= 0.6 is 12.4 Å². The Hall–Kier alpha value is -1.09. The van der Waals surface area contributed by atoms with Gasteiger partial charge in [-0.1, -0.05) is 0 Å². The minimum Gasteiger partial charge on any atom is -0.465 e. The molecule has 9 heteroatoms. The maximum absolute atomic E-state index is 12.5. The molecule has 1 fully saturated rings. The molecule has 1 aromatic heterocycles. The van der Waals surface area contributed by atoms with Gasteiger partial charge in [-0.05, 0) is 19.9 Å². The minimum atomic E-state index is -3.71. The first-order valence-electron chi connectivity index (χ1n) is 6.34. The summed E-state index contributed by atoms with van der Waals surface area (Å²) in [5.41, 5.74) is 0.0930. The highest BCUT2D eigenvalue weighted by molar-refractivity contribution is 7.89. The van der Waals surface area contributed by atoms with E-state index in [1.54, 1.807) is 7.05 Å². The van der Waals surface area contributed by atoms with Gasteiger partial charge in [-0.25, -0.2) is 13.2 Å². The van der Waals surface area contributed by atoms with E-state index in [2.05, 4.69) is 10.1 Å².